The Morgan fingerprint density at radius 3 is 1.38 bits per heavy atom. The van der Waals surface area contributed by atoms with E-state index in [1.165, 1.54) is 6.92 Å². The molecule has 4 saturated heterocycles. The number of hydroxylamine groups is 2. The molecule has 0 aromatic heterocycles. The summed E-state index contributed by atoms with van der Waals surface area (Å²) in [6, 6.07) is -4.90. The number of hydrogen-bond donors (Lipinski definition) is 18. The molecular weight excluding hydrogens is 1100 g/mol. The van der Waals surface area contributed by atoms with Gasteiger partial charge in [0.2, 0.25) is 35.4 Å². The number of nitrogens with one attached hydrogen (secondary N) is 6. The van der Waals surface area contributed by atoms with Crippen LogP contribution in [0, 0.1) is 0 Å². The predicted octanol–water partition coefficient (Wildman–Crippen LogP) is -11.4. The first-order valence-electron chi connectivity index (χ1n) is 26.0. The number of ether oxygens (including phenoxy) is 6. The van der Waals surface area contributed by atoms with Crippen molar-refractivity contribution in [3.05, 3.63) is 0 Å². The number of amides is 8. The van der Waals surface area contributed by atoms with E-state index in [9.17, 15) is 104 Å². The monoisotopic (exact) mass is 1170 g/mol. The van der Waals surface area contributed by atoms with Crippen molar-refractivity contribution in [2.75, 3.05) is 59.3 Å². The third-order valence-electron chi connectivity index (χ3n) is 13.0. The smallest absolute Gasteiger partial charge is 0.333 e. The summed E-state index contributed by atoms with van der Waals surface area (Å²) in [6.07, 6.45) is -26.8. The highest BCUT2D eigenvalue weighted by Crippen LogP contribution is 2.24. The predicted molar refractivity (Wildman–Crippen MR) is 259 cm³/mol. The summed E-state index contributed by atoms with van der Waals surface area (Å²) in [6.45, 7) is -3.34. The minimum atomic E-state index is -1.81. The lowest BCUT2D eigenvalue weighted by Crippen LogP contribution is -2.59. The fourth-order valence-electron chi connectivity index (χ4n) is 8.23. The highest BCUT2D eigenvalue weighted by atomic mass is 16.7. The second-order valence-electron chi connectivity index (χ2n) is 19.1. The van der Waals surface area contributed by atoms with Crippen LogP contribution in [0.25, 0.3) is 0 Å². The van der Waals surface area contributed by atoms with E-state index in [0.29, 0.717) is 5.06 Å². The third-order valence-corrected chi connectivity index (χ3v) is 13.0. The van der Waals surface area contributed by atoms with E-state index in [-0.39, 0.29) is 58.2 Å². The summed E-state index contributed by atoms with van der Waals surface area (Å²) in [5, 5.41) is 134. The van der Waals surface area contributed by atoms with Crippen molar-refractivity contribution in [2.45, 2.75) is 175 Å². The molecule has 0 aromatic carbocycles. The average molecular weight is 1170 g/mol. The number of aliphatic hydroxyl groups is 12. The highest BCUT2D eigenvalue weighted by molar-refractivity contribution is 6.01. The molecule has 0 unspecified atom stereocenters. The van der Waals surface area contributed by atoms with Gasteiger partial charge in [0.1, 0.15) is 91.4 Å². The van der Waals surface area contributed by atoms with E-state index < -0.39 is 222 Å². The molecule has 0 saturated carbocycles. The van der Waals surface area contributed by atoms with Crippen LogP contribution < -0.4 is 31.9 Å². The zero-order valence-corrected chi connectivity index (χ0v) is 44.0. The van der Waals surface area contributed by atoms with Crippen LogP contribution in [0.15, 0.2) is 0 Å². The lowest BCUT2D eigenvalue weighted by Gasteiger charge is -2.39. The standard InChI is InChI=1S/C46H75N7O28/c1-20(50-27(58)4-2-3-5-31(62)81-53-29(60)8-9-30(53)61)41(72)51-21(6-7-26(57)47-10-13-75-44-38(69)35(66)32(63)23(17-54)78-44)43(74)52-22(42(73)49-12-15-77-46-40(71)37(68)34(65)25(19-56)80-46)16-28(59)48-11-14-76-45-39(70)36(67)33(64)24(18-55)79-45/h20-25,32-40,44-46,54-56,63-71H,2-19H2,1H3,(H,47,57)(H,48,59)(H,49,73)(H,50,58)(H,51,72)(H,52,74)/t20-,21-,22-,23+,24+,25+,32+,33+,34+,35-,36-,37-,38-,39-,40-,44-,45-,46-/m0/s1. The Morgan fingerprint density at radius 1 is 0.506 bits per heavy atom. The van der Waals surface area contributed by atoms with Crippen molar-refractivity contribution in [2.24, 2.45) is 0 Å². The number of carbonyl (C=O) groups excluding carboxylic acids is 9. The lowest BCUT2D eigenvalue weighted by molar-refractivity contribution is -0.300. The van der Waals surface area contributed by atoms with Crippen molar-refractivity contribution in [3.63, 3.8) is 0 Å². The number of imide groups is 1. The molecule has 35 heteroatoms. The lowest BCUT2D eigenvalue weighted by atomic mass is 9.99. The number of hydrogen-bond acceptors (Lipinski definition) is 28. The molecule has 4 aliphatic rings. The number of carbonyl (C=O) groups is 9. The SMILES string of the molecule is C[C@H](NC(=O)CCCCC(=O)ON1C(=O)CCC1=O)C(=O)N[C@@H](CCC(=O)NCCO[C@H]1O[C@H](CO)[C@@H](O)[C@H](O)[C@@H]1O)C(=O)N[C@@H](CC(=O)NCCO[C@H]1O[C@H](CO)[C@@H](O)[C@H](O)[C@@H]1O)C(=O)NCCO[C@H]1O[C@H](CO)[C@@H](O)[C@H](O)[C@@H]1O. The quantitative estimate of drug-likeness (QED) is 0.0220. The van der Waals surface area contributed by atoms with Gasteiger partial charge in [0, 0.05) is 51.7 Å². The van der Waals surface area contributed by atoms with Gasteiger partial charge < -0.3 is 126 Å². The highest BCUT2D eigenvalue weighted by Gasteiger charge is 2.46. The molecule has 81 heavy (non-hydrogen) atoms. The second-order valence-corrected chi connectivity index (χ2v) is 19.1. The van der Waals surface area contributed by atoms with Crippen molar-refractivity contribution >= 4 is 53.2 Å². The molecule has 4 rings (SSSR count). The van der Waals surface area contributed by atoms with E-state index in [0.717, 1.165) is 0 Å². The summed E-state index contributed by atoms with van der Waals surface area (Å²) < 4.78 is 31.9. The van der Waals surface area contributed by atoms with E-state index in [1.807, 2.05) is 0 Å². The van der Waals surface area contributed by atoms with Crippen molar-refractivity contribution < 1.29 is 138 Å². The van der Waals surface area contributed by atoms with Gasteiger partial charge in [-0.05, 0) is 26.2 Å². The van der Waals surface area contributed by atoms with E-state index in [4.69, 9.17) is 33.3 Å². The van der Waals surface area contributed by atoms with Crippen molar-refractivity contribution in [1.29, 1.82) is 0 Å². The maximum absolute atomic E-state index is 14.1. The Morgan fingerprint density at radius 2 is 0.926 bits per heavy atom. The van der Waals surface area contributed by atoms with Gasteiger partial charge in [0.15, 0.2) is 18.9 Å². The summed E-state index contributed by atoms with van der Waals surface area (Å²) in [7, 11) is 0. The summed E-state index contributed by atoms with van der Waals surface area (Å²) in [4.78, 5) is 121. The number of nitrogens with zero attached hydrogens (tertiary/aromatic N) is 1. The van der Waals surface area contributed by atoms with Gasteiger partial charge in [-0.1, -0.05) is 0 Å². The zero-order chi connectivity index (χ0) is 60.1. The molecule has 35 nitrogen and oxygen atoms in total. The Kier molecular flexibility index (Phi) is 28.4. The van der Waals surface area contributed by atoms with Crippen molar-refractivity contribution in [3.8, 4) is 0 Å². The van der Waals surface area contributed by atoms with Gasteiger partial charge in [0.25, 0.3) is 11.8 Å². The molecule has 18 N–H and O–H groups in total. The third kappa shape index (κ3) is 20.5. The minimum Gasteiger partial charge on any atom is -0.394 e. The van der Waals surface area contributed by atoms with Crippen LogP contribution in [0.1, 0.15) is 64.7 Å². The molecule has 4 fully saturated rings. The average Bonchev–Trinajstić information content (AvgIpc) is 3.76. The summed E-state index contributed by atoms with van der Waals surface area (Å²) in [5.74, 6) is -7.87. The molecular formula is C46H75N7O28. The van der Waals surface area contributed by atoms with Crippen LogP contribution in [0.5, 0.6) is 0 Å². The molecule has 0 aliphatic carbocycles. The maximum Gasteiger partial charge on any atom is 0.333 e. The molecule has 0 aromatic rings. The van der Waals surface area contributed by atoms with E-state index in [2.05, 4.69) is 31.9 Å². The Balaban J connectivity index is 1.42. The molecule has 0 spiro atoms. The molecule has 8 amide bonds. The summed E-state index contributed by atoms with van der Waals surface area (Å²) in [5.41, 5.74) is 0. The van der Waals surface area contributed by atoms with Gasteiger partial charge in [-0.15, -0.1) is 5.06 Å². The van der Waals surface area contributed by atoms with Crippen LogP contribution in [0.4, 0.5) is 0 Å². The number of unbranched alkanes of at least 4 members (excludes halogenated alkanes) is 1. The van der Waals surface area contributed by atoms with Crippen LogP contribution in [0.3, 0.4) is 0 Å². The van der Waals surface area contributed by atoms with E-state index in [1.54, 1.807) is 0 Å². The van der Waals surface area contributed by atoms with Crippen molar-refractivity contribution in [1.82, 2.24) is 37.0 Å². The van der Waals surface area contributed by atoms with Crippen LogP contribution in [-0.2, 0) is 76.4 Å². The van der Waals surface area contributed by atoms with Gasteiger partial charge in [-0.25, -0.2) is 4.79 Å². The molecule has 4 aliphatic heterocycles. The summed E-state index contributed by atoms with van der Waals surface area (Å²) >= 11 is 0. The van der Waals surface area contributed by atoms with Gasteiger partial charge in [0.05, 0.1) is 46.1 Å². The van der Waals surface area contributed by atoms with Crippen LogP contribution in [0.2, 0.25) is 0 Å². The van der Waals surface area contributed by atoms with E-state index >= 15 is 0 Å². The fraction of sp³-hybridized carbons (Fsp3) is 0.804. The van der Waals surface area contributed by atoms with Gasteiger partial charge in [-0.2, -0.15) is 0 Å². The molecule has 18 atom stereocenters. The van der Waals surface area contributed by atoms with Gasteiger partial charge in [-0.3, -0.25) is 38.4 Å². The second kappa shape index (κ2) is 33.7. The van der Waals surface area contributed by atoms with Crippen LogP contribution in [-0.4, -0.2) is 289 Å². The van der Waals surface area contributed by atoms with Gasteiger partial charge >= 0.3 is 5.97 Å². The maximum atomic E-state index is 14.1. The fourth-order valence-corrected chi connectivity index (χ4v) is 8.23. The molecule has 4 heterocycles. The number of rotatable bonds is 32. The van der Waals surface area contributed by atoms with Crippen LogP contribution >= 0.6 is 0 Å². The Bertz CT molecular complexity index is 2080. The number of aliphatic hydroxyl groups excluding tert-OH is 12. The minimum absolute atomic E-state index is 0.0706. The Hall–Kier alpha value is -5.29. The molecule has 0 bridgehead atoms. The molecule has 462 valence electrons. The molecule has 0 radical (unpaired) electrons. The Labute approximate surface area is 461 Å². The normalized spacial score (nSPS) is 30.6. The first kappa shape index (κ1) is 68.2. The topological polar surface area (TPSA) is 536 Å². The first-order valence-corrected chi connectivity index (χ1v) is 26.0. The largest absolute Gasteiger partial charge is 0.394 e. The first-order chi connectivity index (χ1) is 38.4. The zero-order valence-electron chi connectivity index (χ0n) is 44.0.